The number of hydrogen-bond acceptors (Lipinski definition) is 5. The Morgan fingerprint density at radius 3 is 2.34 bits per heavy atom. The minimum atomic E-state index is -4.72. The number of methoxy groups -OCH3 is 1. The first kappa shape index (κ1) is 20.4. The summed E-state index contributed by atoms with van der Waals surface area (Å²) in [5.74, 6) is -2.22. The molecule has 1 aromatic carbocycles. The third kappa shape index (κ3) is 3.14. The minimum Gasteiger partial charge on any atom is -0.466 e. The van der Waals surface area contributed by atoms with Crippen LogP contribution in [0.4, 0.5) is 19.0 Å². The maximum atomic E-state index is 13.7. The zero-order valence-corrected chi connectivity index (χ0v) is 16.0. The normalized spacial score (nSPS) is 16.3. The number of hydrogen-bond donors (Lipinski definition) is 1. The van der Waals surface area contributed by atoms with E-state index in [9.17, 15) is 27.6 Å². The van der Waals surface area contributed by atoms with E-state index in [4.69, 9.17) is 4.74 Å². The van der Waals surface area contributed by atoms with Gasteiger partial charge in [0.1, 0.15) is 5.82 Å². The minimum absolute atomic E-state index is 0.0326. The first-order chi connectivity index (χ1) is 13.5. The number of fused-ring (bicyclic) bond motifs is 1. The summed E-state index contributed by atoms with van der Waals surface area (Å²) >= 11 is 0. The number of allylic oxidation sites excluding steroid dienone is 1. The van der Waals surface area contributed by atoms with Crippen molar-refractivity contribution in [2.75, 3.05) is 12.4 Å². The number of carbonyl (C=O) groups excluding carboxylic acids is 1. The molecule has 0 amide bonds. The Morgan fingerprint density at radius 2 is 1.76 bits per heavy atom. The van der Waals surface area contributed by atoms with Gasteiger partial charge in [0.2, 0.25) is 0 Å². The van der Waals surface area contributed by atoms with E-state index in [0.717, 1.165) is 22.3 Å². The van der Waals surface area contributed by atoms with Gasteiger partial charge in [0, 0.05) is 19.8 Å². The number of nitrogens with zero attached hydrogens (tertiary/aromatic N) is 2. The number of aromatic nitrogens is 2. The molecule has 0 fully saturated rings. The summed E-state index contributed by atoms with van der Waals surface area (Å²) in [6.07, 6.45) is -4.72. The summed E-state index contributed by atoms with van der Waals surface area (Å²) in [5, 5.41) is 2.81. The zero-order chi connectivity index (χ0) is 21.7. The fourth-order valence-corrected chi connectivity index (χ4v) is 3.59. The number of rotatable bonds is 2. The van der Waals surface area contributed by atoms with Crippen LogP contribution in [0.25, 0.3) is 0 Å². The Hall–Kier alpha value is -3.30. The fraction of sp³-hybridized carbons (Fsp3) is 0.316. The van der Waals surface area contributed by atoms with E-state index in [2.05, 4.69) is 5.32 Å². The molecule has 1 N–H and O–H groups in total. The topological polar surface area (TPSA) is 82.3 Å². The largest absolute Gasteiger partial charge is 0.466 e. The zero-order valence-electron chi connectivity index (χ0n) is 16.0. The Morgan fingerprint density at radius 1 is 1.14 bits per heavy atom. The number of ether oxygens (including phenoxy) is 1. The molecular weight excluding hydrogens is 391 g/mol. The molecule has 0 spiro atoms. The molecule has 0 radical (unpaired) electrons. The van der Waals surface area contributed by atoms with Gasteiger partial charge in [0.25, 0.3) is 5.56 Å². The molecule has 1 aliphatic heterocycles. The first-order valence-electron chi connectivity index (χ1n) is 8.52. The van der Waals surface area contributed by atoms with Crippen LogP contribution in [-0.2, 0) is 29.8 Å². The van der Waals surface area contributed by atoms with Gasteiger partial charge >= 0.3 is 17.8 Å². The summed E-state index contributed by atoms with van der Waals surface area (Å²) in [6.45, 7) is 1.47. The Labute approximate surface area is 163 Å². The molecule has 1 atom stereocenters. The molecular formula is C19H18F3N3O4. The maximum absolute atomic E-state index is 13.7. The predicted molar refractivity (Wildman–Crippen MR) is 98.5 cm³/mol. The van der Waals surface area contributed by atoms with E-state index in [-0.39, 0.29) is 28.2 Å². The molecule has 2 heterocycles. The summed E-state index contributed by atoms with van der Waals surface area (Å²) < 4.78 is 47.9. The second kappa shape index (κ2) is 6.94. The lowest BCUT2D eigenvalue weighted by atomic mass is 9.80. The summed E-state index contributed by atoms with van der Waals surface area (Å²) in [5.41, 5.74) is -2.80. The number of alkyl halides is 3. The van der Waals surface area contributed by atoms with E-state index in [1.165, 1.54) is 39.2 Å². The molecule has 1 aliphatic rings. The molecule has 7 nitrogen and oxygen atoms in total. The van der Waals surface area contributed by atoms with Crippen LogP contribution in [0.5, 0.6) is 0 Å². The number of benzene rings is 1. The van der Waals surface area contributed by atoms with Crippen molar-refractivity contribution in [2.24, 2.45) is 14.1 Å². The van der Waals surface area contributed by atoms with Crippen molar-refractivity contribution in [3.8, 4) is 0 Å². The van der Waals surface area contributed by atoms with Crippen LogP contribution in [0.15, 0.2) is 45.1 Å². The van der Waals surface area contributed by atoms with Crippen LogP contribution in [0.3, 0.4) is 0 Å². The number of halogens is 3. The molecule has 1 unspecified atom stereocenters. The standard InChI is InChI=1S/C19H18F3N3O4/c1-9-12(17(27)29-4)13(10-7-5-6-8-11(10)19(20,21)22)14-15(23-9)24(2)18(28)25(3)16(14)26/h5-8,13,23H,1-4H3. The van der Waals surface area contributed by atoms with Gasteiger partial charge in [-0.05, 0) is 18.6 Å². The first-order valence-corrected chi connectivity index (χ1v) is 8.52. The molecule has 3 rings (SSSR count). The van der Waals surface area contributed by atoms with Crippen LogP contribution in [0.2, 0.25) is 0 Å². The fourth-order valence-electron chi connectivity index (χ4n) is 3.59. The van der Waals surface area contributed by atoms with Gasteiger partial charge in [-0.3, -0.25) is 13.9 Å². The lowest BCUT2D eigenvalue weighted by molar-refractivity contribution is -0.139. The summed E-state index contributed by atoms with van der Waals surface area (Å²) in [7, 11) is 3.71. The Bertz CT molecular complexity index is 1160. The predicted octanol–water partition coefficient (Wildman–Crippen LogP) is 2.11. The van der Waals surface area contributed by atoms with Gasteiger partial charge in [-0.1, -0.05) is 18.2 Å². The molecule has 0 aliphatic carbocycles. The van der Waals surface area contributed by atoms with Gasteiger partial charge in [-0.15, -0.1) is 0 Å². The van der Waals surface area contributed by atoms with Crippen LogP contribution in [-0.4, -0.2) is 22.2 Å². The molecule has 0 bridgehead atoms. The van der Waals surface area contributed by atoms with E-state index in [1.54, 1.807) is 0 Å². The smallest absolute Gasteiger partial charge is 0.416 e. The lowest BCUT2D eigenvalue weighted by Gasteiger charge is -2.31. The molecule has 0 saturated carbocycles. The van der Waals surface area contributed by atoms with E-state index in [1.807, 2.05) is 0 Å². The van der Waals surface area contributed by atoms with E-state index < -0.39 is 34.9 Å². The number of anilines is 1. The molecule has 10 heteroatoms. The van der Waals surface area contributed by atoms with Gasteiger partial charge < -0.3 is 10.1 Å². The van der Waals surface area contributed by atoms with Crippen molar-refractivity contribution in [3.05, 3.63) is 73.1 Å². The summed E-state index contributed by atoms with van der Waals surface area (Å²) in [4.78, 5) is 37.8. The Balaban J connectivity index is 2.49. The third-order valence-corrected chi connectivity index (χ3v) is 4.97. The summed E-state index contributed by atoms with van der Waals surface area (Å²) in [6, 6.07) is 4.71. The molecule has 2 aromatic rings. The highest BCUT2D eigenvalue weighted by atomic mass is 19.4. The third-order valence-electron chi connectivity index (χ3n) is 4.97. The lowest BCUT2D eigenvalue weighted by Crippen LogP contribution is -2.43. The molecule has 154 valence electrons. The molecule has 1 aromatic heterocycles. The van der Waals surface area contributed by atoms with E-state index >= 15 is 0 Å². The second-order valence-electron chi connectivity index (χ2n) is 6.64. The highest BCUT2D eigenvalue weighted by Crippen LogP contribution is 2.44. The number of esters is 1. The SMILES string of the molecule is COC(=O)C1=C(C)Nc2c(c(=O)n(C)c(=O)n2C)C1c1ccccc1C(F)(F)F. The maximum Gasteiger partial charge on any atom is 0.416 e. The van der Waals surface area contributed by atoms with Gasteiger partial charge in [0.15, 0.2) is 0 Å². The van der Waals surface area contributed by atoms with E-state index in [0.29, 0.717) is 0 Å². The van der Waals surface area contributed by atoms with Crippen molar-refractivity contribution < 1.29 is 22.7 Å². The van der Waals surface area contributed by atoms with Crippen molar-refractivity contribution in [3.63, 3.8) is 0 Å². The molecule has 29 heavy (non-hydrogen) atoms. The average molecular weight is 409 g/mol. The number of nitrogens with one attached hydrogen (secondary N) is 1. The van der Waals surface area contributed by atoms with Crippen molar-refractivity contribution in [1.82, 2.24) is 9.13 Å². The van der Waals surface area contributed by atoms with Crippen molar-refractivity contribution >= 4 is 11.8 Å². The number of carbonyl (C=O) groups is 1. The Kier molecular flexibility index (Phi) is 4.89. The highest BCUT2D eigenvalue weighted by molar-refractivity contribution is 5.94. The highest BCUT2D eigenvalue weighted by Gasteiger charge is 2.42. The monoisotopic (exact) mass is 409 g/mol. The average Bonchev–Trinajstić information content (AvgIpc) is 2.68. The van der Waals surface area contributed by atoms with Gasteiger partial charge in [-0.2, -0.15) is 13.2 Å². The van der Waals surface area contributed by atoms with Gasteiger partial charge in [-0.25, -0.2) is 9.59 Å². The van der Waals surface area contributed by atoms with Crippen molar-refractivity contribution in [2.45, 2.75) is 19.0 Å². The quantitative estimate of drug-likeness (QED) is 0.769. The molecule has 0 saturated heterocycles. The van der Waals surface area contributed by atoms with Crippen molar-refractivity contribution in [1.29, 1.82) is 0 Å². The van der Waals surface area contributed by atoms with Gasteiger partial charge in [0.05, 0.1) is 29.7 Å². The second-order valence-corrected chi connectivity index (χ2v) is 6.64. The van der Waals surface area contributed by atoms with Crippen LogP contribution < -0.4 is 16.6 Å². The van der Waals surface area contributed by atoms with Crippen LogP contribution >= 0.6 is 0 Å². The van der Waals surface area contributed by atoms with Crippen LogP contribution in [0.1, 0.15) is 29.5 Å². The van der Waals surface area contributed by atoms with Crippen LogP contribution in [0, 0.1) is 0 Å².